The number of methoxy groups -OCH3 is 1. The minimum atomic E-state index is -2.84. The first-order chi connectivity index (χ1) is 12.3. The number of aromatic amines is 1. The maximum Gasteiger partial charge on any atom is 0.264 e. The number of pyridine rings is 1. The molecule has 0 amide bonds. The van der Waals surface area contributed by atoms with Crippen molar-refractivity contribution in [2.45, 2.75) is 19.9 Å². The smallest absolute Gasteiger partial charge is 0.264 e. The van der Waals surface area contributed by atoms with E-state index in [2.05, 4.69) is 15.1 Å². The van der Waals surface area contributed by atoms with Crippen LogP contribution < -0.4 is 5.56 Å². The lowest BCUT2D eigenvalue weighted by atomic mass is 10.1. The molecule has 3 rings (SSSR count). The Labute approximate surface area is 152 Å². The van der Waals surface area contributed by atoms with Crippen LogP contribution in [-0.2, 0) is 18.3 Å². The van der Waals surface area contributed by atoms with Crippen molar-refractivity contribution in [1.82, 2.24) is 24.3 Å². The van der Waals surface area contributed by atoms with Crippen molar-refractivity contribution < 1.29 is 13.5 Å². The SMILES string of the molecule is COCCn1c(=S)[nH]c(=O)c2c(C(F)F)cc(-c3cn(C)nc3C)nc21. The van der Waals surface area contributed by atoms with E-state index in [1.54, 1.807) is 24.9 Å². The van der Waals surface area contributed by atoms with Gasteiger partial charge in [0.15, 0.2) is 4.77 Å². The number of nitrogens with one attached hydrogen (secondary N) is 1. The average Bonchev–Trinajstić information content (AvgIpc) is 2.91. The number of fused-ring (bicyclic) bond motifs is 1. The Kier molecular flexibility index (Phi) is 4.97. The summed E-state index contributed by atoms with van der Waals surface area (Å²) in [6, 6.07) is 1.23. The molecule has 0 aromatic carbocycles. The van der Waals surface area contributed by atoms with E-state index in [9.17, 15) is 13.6 Å². The first-order valence-electron chi connectivity index (χ1n) is 7.79. The molecule has 0 unspecified atom stereocenters. The van der Waals surface area contributed by atoms with Gasteiger partial charge in [-0.3, -0.25) is 14.5 Å². The van der Waals surface area contributed by atoms with Crippen LogP contribution in [-0.4, -0.2) is 38.0 Å². The number of ether oxygens (including phenoxy) is 1. The highest BCUT2D eigenvalue weighted by molar-refractivity contribution is 7.71. The van der Waals surface area contributed by atoms with Crippen LogP contribution in [0.5, 0.6) is 0 Å². The minimum Gasteiger partial charge on any atom is -0.383 e. The first-order valence-corrected chi connectivity index (χ1v) is 8.19. The largest absolute Gasteiger partial charge is 0.383 e. The van der Waals surface area contributed by atoms with Crippen LogP contribution in [0.1, 0.15) is 17.7 Å². The number of hydrogen-bond acceptors (Lipinski definition) is 5. The van der Waals surface area contributed by atoms with Gasteiger partial charge in [0.25, 0.3) is 12.0 Å². The number of hydrogen-bond donors (Lipinski definition) is 1. The highest BCUT2D eigenvalue weighted by Gasteiger charge is 2.21. The number of nitrogens with zero attached hydrogens (tertiary/aromatic N) is 4. The highest BCUT2D eigenvalue weighted by atomic mass is 32.1. The third-order valence-corrected chi connectivity index (χ3v) is 4.35. The summed E-state index contributed by atoms with van der Waals surface area (Å²) in [5.41, 5.74) is 0.593. The molecule has 3 aromatic rings. The van der Waals surface area contributed by atoms with Crippen LogP contribution in [0.25, 0.3) is 22.3 Å². The fourth-order valence-corrected chi connectivity index (χ4v) is 3.12. The van der Waals surface area contributed by atoms with Gasteiger partial charge in [0, 0.05) is 31.5 Å². The second-order valence-electron chi connectivity index (χ2n) is 5.80. The summed E-state index contributed by atoms with van der Waals surface area (Å²) in [7, 11) is 3.25. The van der Waals surface area contributed by atoms with Crippen molar-refractivity contribution in [3.05, 3.63) is 38.6 Å². The van der Waals surface area contributed by atoms with E-state index >= 15 is 0 Å². The predicted octanol–water partition coefficient (Wildman–Crippen LogP) is 2.75. The van der Waals surface area contributed by atoms with Gasteiger partial charge in [0.1, 0.15) is 5.65 Å². The van der Waals surface area contributed by atoms with Gasteiger partial charge in [-0.2, -0.15) is 5.10 Å². The third kappa shape index (κ3) is 3.17. The van der Waals surface area contributed by atoms with E-state index in [1.165, 1.54) is 17.7 Å². The van der Waals surface area contributed by atoms with E-state index in [0.29, 0.717) is 17.0 Å². The van der Waals surface area contributed by atoms with E-state index in [4.69, 9.17) is 17.0 Å². The summed E-state index contributed by atoms with van der Waals surface area (Å²) in [5, 5.41) is 4.05. The Morgan fingerprint density at radius 3 is 2.73 bits per heavy atom. The fraction of sp³-hybridized carbons (Fsp3) is 0.375. The molecule has 10 heteroatoms. The van der Waals surface area contributed by atoms with Gasteiger partial charge < -0.3 is 9.30 Å². The van der Waals surface area contributed by atoms with Crippen LogP contribution in [0.2, 0.25) is 0 Å². The fourth-order valence-electron chi connectivity index (χ4n) is 2.85. The lowest BCUT2D eigenvalue weighted by Crippen LogP contribution is -2.19. The second kappa shape index (κ2) is 7.04. The van der Waals surface area contributed by atoms with Crippen molar-refractivity contribution in [2.24, 2.45) is 7.05 Å². The Hall–Kier alpha value is -2.46. The molecule has 0 bridgehead atoms. The second-order valence-corrected chi connectivity index (χ2v) is 6.19. The lowest BCUT2D eigenvalue weighted by molar-refractivity contribution is 0.153. The molecular weight excluding hydrogens is 364 g/mol. The van der Waals surface area contributed by atoms with Crippen molar-refractivity contribution in [3.8, 4) is 11.3 Å². The third-order valence-electron chi connectivity index (χ3n) is 4.02. The summed E-state index contributed by atoms with van der Waals surface area (Å²) in [4.78, 5) is 19.2. The Morgan fingerprint density at radius 1 is 1.42 bits per heavy atom. The van der Waals surface area contributed by atoms with Crippen LogP contribution in [0.15, 0.2) is 17.1 Å². The molecule has 0 saturated carbocycles. The zero-order valence-electron chi connectivity index (χ0n) is 14.4. The van der Waals surface area contributed by atoms with E-state index in [1.807, 2.05) is 0 Å². The topological polar surface area (TPSA) is 77.7 Å². The monoisotopic (exact) mass is 381 g/mol. The molecule has 0 aliphatic rings. The van der Waals surface area contributed by atoms with Crippen molar-refractivity contribution in [3.63, 3.8) is 0 Å². The molecule has 0 atom stereocenters. The number of halogens is 2. The molecule has 0 fully saturated rings. The van der Waals surface area contributed by atoms with E-state index in [-0.39, 0.29) is 29.0 Å². The first kappa shape index (κ1) is 18.3. The summed E-state index contributed by atoms with van der Waals surface area (Å²) >= 11 is 5.19. The van der Waals surface area contributed by atoms with E-state index < -0.39 is 17.5 Å². The van der Waals surface area contributed by atoms with Crippen LogP contribution in [0, 0.1) is 11.7 Å². The maximum atomic E-state index is 13.7. The molecule has 138 valence electrons. The van der Waals surface area contributed by atoms with E-state index in [0.717, 1.165) is 0 Å². The maximum absolute atomic E-state index is 13.7. The lowest BCUT2D eigenvalue weighted by Gasteiger charge is -2.14. The normalized spacial score (nSPS) is 11.6. The summed E-state index contributed by atoms with van der Waals surface area (Å²) in [6.45, 7) is 2.32. The van der Waals surface area contributed by atoms with Crippen LogP contribution >= 0.6 is 12.2 Å². The molecule has 7 nitrogen and oxygen atoms in total. The zero-order valence-corrected chi connectivity index (χ0v) is 15.2. The van der Waals surface area contributed by atoms with Gasteiger partial charge in [-0.1, -0.05) is 0 Å². The van der Waals surface area contributed by atoms with Gasteiger partial charge in [-0.25, -0.2) is 13.8 Å². The van der Waals surface area contributed by atoms with Gasteiger partial charge in [-0.15, -0.1) is 0 Å². The minimum absolute atomic E-state index is 0.104. The van der Waals surface area contributed by atoms with Gasteiger partial charge in [-0.05, 0) is 25.2 Å². The molecule has 1 N–H and O–H groups in total. The number of alkyl halides is 2. The van der Waals surface area contributed by atoms with Crippen molar-refractivity contribution >= 4 is 23.3 Å². The summed E-state index contributed by atoms with van der Waals surface area (Å²) in [6.07, 6.45) is -1.15. The molecule has 0 radical (unpaired) electrons. The van der Waals surface area contributed by atoms with Crippen molar-refractivity contribution in [2.75, 3.05) is 13.7 Å². The quantitative estimate of drug-likeness (QED) is 0.688. The number of H-pyrrole nitrogens is 1. The zero-order chi connectivity index (χ0) is 19.0. The molecule has 0 aliphatic heterocycles. The number of aryl methyl sites for hydroxylation is 2. The molecule has 26 heavy (non-hydrogen) atoms. The summed E-state index contributed by atoms with van der Waals surface area (Å²) in [5.74, 6) is 0. The van der Waals surface area contributed by atoms with Gasteiger partial charge >= 0.3 is 0 Å². The van der Waals surface area contributed by atoms with Gasteiger partial charge in [0.05, 0.1) is 29.9 Å². The standard InChI is InChI=1S/C16H17F2N5O2S/c1-8-10(7-22(2)21-8)11-6-9(13(17)18)12-14(19-11)23(4-5-25-3)16(26)20-15(12)24/h6-7,13H,4-5H2,1-3H3,(H,20,24,26). The number of aromatic nitrogens is 5. The molecular formula is C16H17F2N5O2S. The molecule has 0 aliphatic carbocycles. The van der Waals surface area contributed by atoms with Crippen LogP contribution in [0.3, 0.4) is 0 Å². The Balaban J connectivity index is 2.41. The van der Waals surface area contributed by atoms with Gasteiger partial charge in [0.2, 0.25) is 0 Å². The molecule has 3 aromatic heterocycles. The predicted molar refractivity (Wildman–Crippen MR) is 95.0 cm³/mol. The highest BCUT2D eigenvalue weighted by Crippen LogP contribution is 2.30. The number of rotatable bonds is 5. The molecule has 3 heterocycles. The average molecular weight is 381 g/mol. The van der Waals surface area contributed by atoms with Crippen LogP contribution in [0.4, 0.5) is 8.78 Å². The Bertz CT molecular complexity index is 1090. The van der Waals surface area contributed by atoms with Crippen molar-refractivity contribution in [1.29, 1.82) is 0 Å². The summed E-state index contributed by atoms with van der Waals surface area (Å²) < 4.78 is 35.6. The molecule has 0 saturated heterocycles. The Morgan fingerprint density at radius 2 is 2.15 bits per heavy atom. The molecule has 0 spiro atoms.